The number of ether oxygens (including phenoxy) is 1. The lowest BCUT2D eigenvalue weighted by Crippen LogP contribution is -2.44. The summed E-state index contributed by atoms with van der Waals surface area (Å²) in [5.41, 5.74) is 5.64. The molecule has 3 heteroatoms. The van der Waals surface area contributed by atoms with E-state index in [2.05, 4.69) is 63.8 Å². The molecule has 0 bridgehead atoms. The van der Waals surface area contributed by atoms with E-state index in [1.54, 1.807) is 11.1 Å². The number of nitriles is 1. The van der Waals surface area contributed by atoms with Crippen LogP contribution in [0.5, 0.6) is 5.75 Å². The maximum absolute atomic E-state index is 8.91. The summed E-state index contributed by atoms with van der Waals surface area (Å²) in [6, 6.07) is 16.5. The topological polar surface area (TPSA) is 36.3 Å². The van der Waals surface area contributed by atoms with Crippen LogP contribution in [0.4, 0.5) is 0 Å². The normalized spacial score (nSPS) is 18.7. The average molecular weight is 419 g/mol. The summed E-state index contributed by atoms with van der Waals surface area (Å²) in [5, 5.41) is 8.91. The summed E-state index contributed by atoms with van der Waals surface area (Å²) in [6.45, 7) is 15.9. The predicted octanol–water partition coefficient (Wildman–Crippen LogP) is 6.53. The van der Waals surface area contributed by atoms with Crippen molar-refractivity contribution in [2.45, 2.75) is 65.7 Å². The first-order chi connectivity index (χ1) is 14.9. The first kappa shape index (κ1) is 23.4. The van der Waals surface area contributed by atoms with Gasteiger partial charge in [0.05, 0.1) is 18.2 Å². The second-order valence-corrected chi connectivity index (χ2v) is 9.86. The van der Waals surface area contributed by atoms with Crippen LogP contribution in [0.25, 0.3) is 0 Å². The number of rotatable bonds is 8. The average Bonchev–Trinajstić information content (AvgIpc) is 2.77. The lowest BCUT2D eigenvalue weighted by molar-refractivity contribution is 0.0978. The van der Waals surface area contributed by atoms with E-state index < -0.39 is 0 Å². The van der Waals surface area contributed by atoms with Crippen LogP contribution in [0.15, 0.2) is 42.5 Å². The van der Waals surface area contributed by atoms with Crippen LogP contribution in [0.1, 0.15) is 81.5 Å². The van der Waals surface area contributed by atoms with Gasteiger partial charge in [-0.25, -0.2) is 0 Å². The molecule has 0 N–H and O–H groups in total. The zero-order valence-electron chi connectivity index (χ0n) is 19.9. The molecule has 3 nitrogen and oxygen atoms in total. The van der Waals surface area contributed by atoms with Gasteiger partial charge in [-0.05, 0) is 78.1 Å². The smallest absolute Gasteiger partial charge is 0.119 e. The van der Waals surface area contributed by atoms with Crippen LogP contribution < -0.4 is 4.74 Å². The Labute approximate surface area is 189 Å². The Bertz CT molecular complexity index is 892. The molecule has 2 aromatic carbocycles. The Morgan fingerprint density at radius 2 is 1.90 bits per heavy atom. The van der Waals surface area contributed by atoms with E-state index in [1.807, 2.05) is 24.3 Å². The summed E-state index contributed by atoms with van der Waals surface area (Å²) in [5.74, 6) is 1.96. The van der Waals surface area contributed by atoms with Gasteiger partial charge in [0.15, 0.2) is 0 Å². The van der Waals surface area contributed by atoms with Gasteiger partial charge in [0.25, 0.3) is 0 Å². The molecular formula is C28H38N2O. The highest BCUT2D eigenvalue weighted by atomic mass is 16.5. The number of hydrogen-bond donors (Lipinski definition) is 0. The van der Waals surface area contributed by atoms with E-state index in [-0.39, 0.29) is 0 Å². The molecule has 1 unspecified atom stereocenters. The van der Waals surface area contributed by atoms with Crippen molar-refractivity contribution in [2.75, 3.05) is 26.2 Å². The Morgan fingerprint density at radius 1 is 1.16 bits per heavy atom. The van der Waals surface area contributed by atoms with E-state index in [0.717, 1.165) is 38.2 Å². The fraction of sp³-hybridized carbons (Fsp3) is 0.536. The summed E-state index contributed by atoms with van der Waals surface area (Å²) >= 11 is 0. The van der Waals surface area contributed by atoms with Crippen LogP contribution in [-0.2, 0) is 6.42 Å². The van der Waals surface area contributed by atoms with Gasteiger partial charge in [-0.2, -0.15) is 5.26 Å². The first-order valence-electron chi connectivity index (χ1n) is 11.8. The quantitative estimate of drug-likeness (QED) is 0.457. The molecule has 0 radical (unpaired) electrons. The minimum atomic E-state index is 0.311. The van der Waals surface area contributed by atoms with E-state index in [1.165, 1.54) is 12.0 Å². The van der Waals surface area contributed by atoms with E-state index >= 15 is 0 Å². The number of benzene rings is 2. The van der Waals surface area contributed by atoms with E-state index in [0.29, 0.717) is 29.4 Å². The molecule has 1 aliphatic heterocycles. The van der Waals surface area contributed by atoms with Crippen molar-refractivity contribution in [1.29, 1.82) is 5.26 Å². The molecule has 0 spiro atoms. The lowest BCUT2D eigenvalue weighted by Gasteiger charge is -2.45. The maximum Gasteiger partial charge on any atom is 0.119 e. The highest BCUT2D eigenvalue weighted by Crippen LogP contribution is 2.45. The number of likely N-dealkylation sites (tertiary alicyclic amines) is 1. The maximum atomic E-state index is 8.91. The monoisotopic (exact) mass is 418 g/mol. The lowest BCUT2D eigenvalue weighted by atomic mass is 9.68. The molecule has 1 heterocycles. The number of aryl methyl sites for hydroxylation is 1. The zero-order valence-corrected chi connectivity index (χ0v) is 19.9. The van der Waals surface area contributed by atoms with Gasteiger partial charge in [-0.3, -0.25) is 0 Å². The van der Waals surface area contributed by atoms with E-state index in [9.17, 15) is 0 Å². The molecule has 0 aliphatic carbocycles. The summed E-state index contributed by atoms with van der Waals surface area (Å²) in [6.07, 6.45) is 3.34. The molecule has 166 valence electrons. The predicted molar refractivity (Wildman–Crippen MR) is 129 cm³/mol. The minimum absolute atomic E-state index is 0.311. The molecular weight excluding hydrogens is 380 g/mol. The third-order valence-electron chi connectivity index (χ3n) is 6.89. The molecule has 31 heavy (non-hydrogen) atoms. The standard InChI is InChI=1S/C28H38N2O/c1-6-23-9-7-10-25(27(23)21(2)3)26-20-30(17-15-28(26,4)5)16-8-18-31-24-13-11-22(19-29)12-14-24/h7,9-14,21,26H,6,8,15-18,20H2,1-5H3. The van der Waals surface area contributed by atoms with Gasteiger partial charge in [-0.15, -0.1) is 0 Å². The fourth-order valence-electron chi connectivity index (χ4n) is 4.99. The van der Waals surface area contributed by atoms with Crippen LogP contribution in [0.2, 0.25) is 0 Å². The van der Waals surface area contributed by atoms with Crippen molar-refractivity contribution in [1.82, 2.24) is 4.90 Å². The van der Waals surface area contributed by atoms with Crippen molar-refractivity contribution in [3.8, 4) is 11.8 Å². The van der Waals surface area contributed by atoms with Crippen molar-refractivity contribution in [3.05, 3.63) is 64.7 Å². The van der Waals surface area contributed by atoms with Gasteiger partial charge in [0, 0.05) is 19.0 Å². The summed E-state index contributed by atoms with van der Waals surface area (Å²) in [4.78, 5) is 2.63. The largest absolute Gasteiger partial charge is 0.494 e. The van der Waals surface area contributed by atoms with Gasteiger partial charge >= 0.3 is 0 Å². The molecule has 1 fully saturated rings. The zero-order chi connectivity index (χ0) is 22.4. The van der Waals surface area contributed by atoms with E-state index in [4.69, 9.17) is 10.00 Å². The van der Waals surface area contributed by atoms with Crippen LogP contribution in [0.3, 0.4) is 0 Å². The van der Waals surface area contributed by atoms with Gasteiger partial charge in [0.2, 0.25) is 0 Å². The minimum Gasteiger partial charge on any atom is -0.494 e. The molecule has 3 rings (SSSR count). The number of nitrogens with zero attached hydrogens (tertiary/aromatic N) is 2. The Hall–Kier alpha value is -2.31. The van der Waals surface area contributed by atoms with Gasteiger partial charge < -0.3 is 9.64 Å². The second kappa shape index (κ2) is 10.3. The van der Waals surface area contributed by atoms with Crippen molar-refractivity contribution in [3.63, 3.8) is 0 Å². The molecule has 0 amide bonds. The number of hydrogen-bond acceptors (Lipinski definition) is 3. The first-order valence-corrected chi connectivity index (χ1v) is 11.8. The van der Waals surface area contributed by atoms with Gasteiger partial charge in [-0.1, -0.05) is 52.8 Å². The summed E-state index contributed by atoms with van der Waals surface area (Å²) < 4.78 is 5.89. The third-order valence-corrected chi connectivity index (χ3v) is 6.89. The third kappa shape index (κ3) is 5.69. The highest BCUT2D eigenvalue weighted by Gasteiger charge is 2.37. The molecule has 1 saturated heterocycles. The summed E-state index contributed by atoms with van der Waals surface area (Å²) in [7, 11) is 0. The van der Waals surface area contributed by atoms with Crippen LogP contribution in [0, 0.1) is 16.7 Å². The Morgan fingerprint density at radius 3 is 2.55 bits per heavy atom. The highest BCUT2D eigenvalue weighted by molar-refractivity contribution is 5.41. The van der Waals surface area contributed by atoms with Crippen molar-refractivity contribution >= 4 is 0 Å². The molecule has 0 saturated carbocycles. The van der Waals surface area contributed by atoms with Crippen LogP contribution in [-0.4, -0.2) is 31.1 Å². The number of piperidine rings is 1. The Balaban J connectivity index is 1.63. The SMILES string of the molecule is CCc1cccc(C2CN(CCCOc3ccc(C#N)cc3)CCC2(C)C)c1C(C)C. The van der Waals surface area contributed by atoms with Gasteiger partial charge in [0.1, 0.15) is 5.75 Å². The molecule has 1 atom stereocenters. The molecule has 2 aromatic rings. The van der Waals surface area contributed by atoms with Crippen molar-refractivity contribution in [2.24, 2.45) is 5.41 Å². The fourth-order valence-corrected chi connectivity index (χ4v) is 4.99. The van der Waals surface area contributed by atoms with Crippen LogP contribution >= 0.6 is 0 Å². The molecule has 1 aliphatic rings. The Kier molecular flexibility index (Phi) is 7.79. The molecule has 0 aromatic heterocycles. The second-order valence-electron chi connectivity index (χ2n) is 9.86. The van der Waals surface area contributed by atoms with Crippen molar-refractivity contribution < 1.29 is 4.74 Å².